The van der Waals surface area contributed by atoms with Crippen LogP contribution >= 0.6 is 0 Å². The summed E-state index contributed by atoms with van der Waals surface area (Å²) in [6, 6.07) is 7.83. The van der Waals surface area contributed by atoms with Crippen molar-refractivity contribution in [2.45, 2.75) is 6.54 Å². The smallest absolute Gasteiger partial charge is 0.168 e. The van der Waals surface area contributed by atoms with Crippen molar-refractivity contribution in [1.29, 1.82) is 0 Å². The molecule has 3 rings (SSSR count). The molecule has 0 amide bonds. The van der Waals surface area contributed by atoms with Crippen LogP contribution in [0.4, 0.5) is 0 Å². The predicted molar refractivity (Wildman–Crippen MR) is 60.2 cm³/mol. The molecule has 0 aliphatic carbocycles. The van der Waals surface area contributed by atoms with Crippen LogP contribution in [0.2, 0.25) is 0 Å². The molecular formula is C12H9N3O. The molecule has 0 saturated carbocycles. The average Bonchev–Trinajstić information content (AvgIpc) is 2.64. The first-order valence-corrected chi connectivity index (χ1v) is 5.01. The molecule has 0 atom stereocenters. The zero-order valence-corrected chi connectivity index (χ0v) is 8.50. The first kappa shape index (κ1) is 9.03. The Morgan fingerprint density at radius 3 is 3.06 bits per heavy atom. The van der Waals surface area contributed by atoms with Gasteiger partial charge in [0.15, 0.2) is 6.29 Å². The summed E-state index contributed by atoms with van der Waals surface area (Å²) in [6.45, 7) is 0.503. The Morgan fingerprint density at radius 1 is 1.31 bits per heavy atom. The van der Waals surface area contributed by atoms with Gasteiger partial charge in [0.25, 0.3) is 0 Å². The van der Waals surface area contributed by atoms with Crippen LogP contribution in [0, 0.1) is 0 Å². The molecule has 2 heterocycles. The Morgan fingerprint density at radius 2 is 2.19 bits per heavy atom. The lowest BCUT2D eigenvalue weighted by Crippen LogP contribution is -2.04. The summed E-state index contributed by atoms with van der Waals surface area (Å²) in [5, 5.41) is 0. The van der Waals surface area contributed by atoms with Crippen LogP contribution in [0.5, 0.6) is 0 Å². The number of para-hydroxylation sites is 1. The largest absolute Gasteiger partial charge is 0.296 e. The van der Waals surface area contributed by atoms with Crippen LogP contribution < -0.4 is 0 Å². The monoisotopic (exact) mass is 211 g/mol. The maximum Gasteiger partial charge on any atom is 0.168 e. The topological polar surface area (TPSA) is 47.2 Å². The van der Waals surface area contributed by atoms with Crippen LogP contribution in [-0.2, 0) is 6.54 Å². The summed E-state index contributed by atoms with van der Waals surface area (Å²) in [4.78, 5) is 19.4. The van der Waals surface area contributed by atoms with E-state index >= 15 is 0 Å². The van der Waals surface area contributed by atoms with Gasteiger partial charge in [0.2, 0.25) is 0 Å². The molecule has 2 aromatic rings. The van der Waals surface area contributed by atoms with Crippen molar-refractivity contribution >= 4 is 12.5 Å². The maximum atomic E-state index is 11.0. The normalized spacial score (nSPS) is 12.8. The Hall–Kier alpha value is -2.23. The third-order valence-electron chi connectivity index (χ3n) is 2.62. The Labute approximate surface area is 92.3 Å². The number of benzene rings is 1. The second kappa shape index (κ2) is 3.41. The number of rotatable bonds is 1. The van der Waals surface area contributed by atoms with E-state index in [2.05, 4.69) is 9.98 Å². The van der Waals surface area contributed by atoms with Crippen LogP contribution in [0.3, 0.4) is 0 Å². The number of nitrogens with zero attached hydrogens (tertiary/aromatic N) is 3. The molecule has 1 aliphatic heterocycles. The second-order valence-corrected chi connectivity index (χ2v) is 3.58. The van der Waals surface area contributed by atoms with E-state index in [1.807, 2.05) is 35.0 Å². The van der Waals surface area contributed by atoms with E-state index in [1.54, 1.807) is 6.20 Å². The number of aldehydes is 1. The van der Waals surface area contributed by atoms with Crippen LogP contribution in [-0.4, -0.2) is 22.1 Å². The highest BCUT2D eigenvalue weighted by molar-refractivity contribution is 5.86. The van der Waals surface area contributed by atoms with Gasteiger partial charge >= 0.3 is 0 Å². The molecule has 1 aromatic carbocycles. The van der Waals surface area contributed by atoms with E-state index in [-0.39, 0.29) is 0 Å². The van der Waals surface area contributed by atoms with E-state index < -0.39 is 0 Å². The minimum atomic E-state index is 0.503. The number of imidazole rings is 1. The molecule has 0 unspecified atom stereocenters. The van der Waals surface area contributed by atoms with Crippen molar-refractivity contribution in [2.24, 2.45) is 4.99 Å². The Bertz CT molecular complexity index is 584. The van der Waals surface area contributed by atoms with Gasteiger partial charge in [-0.15, -0.1) is 0 Å². The molecule has 4 nitrogen and oxygen atoms in total. The fraction of sp³-hybridized carbons (Fsp3) is 0.0833. The third-order valence-corrected chi connectivity index (χ3v) is 2.62. The van der Waals surface area contributed by atoms with E-state index in [0.717, 1.165) is 23.4 Å². The van der Waals surface area contributed by atoms with Crippen LogP contribution in [0.25, 0.3) is 5.69 Å². The fourth-order valence-electron chi connectivity index (χ4n) is 1.90. The standard InChI is InChI=1S/C12H9N3O/c16-8-10-6-14-12-7-13-5-9-3-1-2-4-11(9)15(10)12/h1-6,8H,7H2. The second-order valence-electron chi connectivity index (χ2n) is 3.58. The zero-order valence-electron chi connectivity index (χ0n) is 8.50. The lowest BCUT2D eigenvalue weighted by atomic mass is 10.2. The van der Waals surface area contributed by atoms with Gasteiger partial charge in [0.1, 0.15) is 11.5 Å². The lowest BCUT2D eigenvalue weighted by molar-refractivity contribution is 0.111. The van der Waals surface area contributed by atoms with Gasteiger partial charge in [-0.1, -0.05) is 18.2 Å². The van der Waals surface area contributed by atoms with E-state index in [1.165, 1.54) is 0 Å². The van der Waals surface area contributed by atoms with Crippen LogP contribution in [0.15, 0.2) is 35.5 Å². The summed E-state index contributed by atoms with van der Waals surface area (Å²) in [6.07, 6.45) is 4.22. The number of carbonyl (C=O) groups is 1. The molecular weight excluding hydrogens is 202 g/mol. The SMILES string of the molecule is O=Cc1cnc2n1-c1ccccc1C=NC2. The van der Waals surface area contributed by atoms with E-state index in [4.69, 9.17) is 0 Å². The molecule has 0 fully saturated rings. The Kier molecular flexibility index (Phi) is 1.93. The molecule has 78 valence electrons. The summed E-state index contributed by atoms with van der Waals surface area (Å²) >= 11 is 0. The molecule has 16 heavy (non-hydrogen) atoms. The van der Waals surface area contributed by atoms with Crippen molar-refractivity contribution in [1.82, 2.24) is 9.55 Å². The van der Waals surface area contributed by atoms with Gasteiger partial charge in [0.05, 0.1) is 18.4 Å². The number of aliphatic imine (C=N–C) groups is 1. The zero-order chi connectivity index (χ0) is 11.0. The maximum absolute atomic E-state index is 11.0. The van der Waals surface area contributed by atoms with Crippen molar-refractivity contribution in [3.8, 4) is 5.69 Å². The quantitative estimate of drug-likeness (QED) is 0.673. The molecule has 0 saturated heterocycles. The predicted octanol–water partition coefficient (Wildman–Crippen LogP) is 1.62. The highest BCUT2D eigenvalue weighted by Gasteiger charge is 2.15. The number of hydrogen-bond acceptors (Lipinski definition) is 3. The fourth-order valence-corrected chi connectivity index (χ4v) is 1.90. The van der Waals surface area contributed by atoms with Crippen molar-refractivity contribution in [2.75, 3.05) is 0 Å². The first-order chi connectivity index (χ1) is 7.90. The van der Waals surface area contributed by atoms with Gasteiger partial charge < -0.3 is 0 Å². The molecule has 0 bridgehead atoms. The van der Waals surface area contributed by atoms with Crippen molar-refractivity contribution in [3.63, 3.8) is 0 Å². The highest BCUT2D eigenvalue weighted by atomic mass is 16.1. The minimum Gasteiger partial charge on any atom is -0.296 e. The number of hydrogen-bond donors (Lipinski definition) is 0. The Balaban J connectivity index is 2.35. The molecule has 0 N–H and O–H groups in total. The summed E-state index contributed by atoms with van der Waals surface area (Å²) in [7, 11) is 0. The number of aromatic nitrogens is 2. The third kappa shape index (κ3) is 1.20. The average molecular weight is 211 g/mol. The van der Waals surface area contributed by atoms with Crippen molar-refractivity contribution < 1.29 is 4.79 Å². The van der Waals surface area contributed by atoms with Gasteiger partial charge in [-0.2, -0.15) is 0 Å². The van der Waals surface area contributed by atoms with E-state index in [0.29, 0.717) is 12.2 Å². The minimum absolute atomic E-state index is 0.503. The molecule has 0 radical (unpaired) electrons. The highest BCUT2D eigenvalue weighted by Crippen LogP contribution is 2.20. The number of fused-ring (bicyclic) bond motifs is 3. The molecule has 4 heteroatoms. The van der Waals surface area contributed by atoms with Gasteiger partial charge in [-0.05, 0) is 6.07 Å². The summed E-state index contributed by atoms with van der Waals surface area (Å²) < 4.78 is 1.86. The summed E-state index contributed by atoms with van der Waals surface area (Å²) in [5.74, 6) is 0.795. The van der Waals surface area contributed by atoms with Gasteiger partial charge in [0, 0.05) is 11.8 Å². The molecule has 1 aromatic heterocycles. The van der Waals surface area contributed by atoms with Gasteiger partial charge in [-0.3, -0.25) is 14.4 Å². The van der Waals surface area contributed by atoms with Crippen molar-refractivity contribution in [3.05, 3.63) is 47.5 Å². The summed E-state index contributed by atoms with van der Waals surface area (Å²) in [5.41, 5.74) is 2.52. The lowest BCUT2D eigenvalue weighted by Gasteiger charge is -2.08. The van der Waals surface area contributed by atoms with Crippen LogP contribution in [0.1, 0.15) is 21.9 Å². The molecule has 1 aliphatic rings. The molecule has 0 spiro atoms. The van der Waals surface area contributed by atoms with Gasteiger partial charge in [-0.25, -0.2) is 4.98 Å². The van der Waals surface area contributed by atoms with E-state index in [9.17, 15) is 4.79 Å². The first-order valence-electron chi connectivity index (χ1n) is 5.01. The number of carbonyl (C=O) groups excluding carboxylic acids is 1.